The third-order valence-corrected chi connectivity index (χ3v) is 2.50. The molecule has 4 heteroatoms. The minimum Gasteiger partial charge on any atom is -0.381 e. The van der Waals surface area contributed by atoms with E-state index in [1.54, 1.807) is 0 Å². The molecular formula is C15H23NO3. The predicted molar refractivity (Wildman–Crippen MR) is 74.8 cm³/mol. The lowest BCUT2D eigenvalue weighted by atomic mass is 10.2. The van der Waals surface area contributed by atoms with Crippen molar-refractivity contribution in [2.75, 3.05) is 26.4 Å². The highest BCUT2D eigenvalue weighted by molar-refractivity contribution is 5.75. The number of carbonyl (C=O) groups is 1. The van der Waals surface area contributed by atoms with Gasteiger partial charge in [0.1, 0.15) is 0 Å². The third kappa shape index (κ3) is 8.35. The van der Waals surface area contributed by atoms with E-state index >= 15 is 0 Å². The Morgan fingerprint density at radius 1 is 1.11 bits per heavy atom. The first kappa shape index (κ1) is 15.7. The van der Waals surface area contributed by atoms with Gasteiger partial charge >= 0.3 is 0 Å². The molecule has 0 atom stereocenters. The molecule has 1 amide bonds. The van der Waals surface area contributed by atoms with Crippen molar-refractivity contribution >= 4 is 5.91 Å². The smallest absolute Gasteiger partial charge is 0.222 e. The van der Waals surface area contributed by atoms with E-state index in [-0.39, 0.29) is 5.91 Å². The molecule has 1 aromatic rings. The third-order valence-electron chi connectivity index (χ3n) is 2.50. The molecule has 106 valence electrons. The van der Waals surface area contributed by atoms with E-state index < -0.39 is 0 Å². The van der Waals surface area contributed by atoms with Crippen LogP contribution >= 0.6 is 0 Å². The van der Waals surface area contributed by atoms with E-state index in [1.165, 1.54) is 0 Å². The van der Waals surface area contributed by atoms with Gasteiger partial charge in [-0.05, 0) is 12.0 Å². The molecule has 0 aliphatic rings. The molecule has 0 aromatic heterocycles. The second-order valence-electron chi connectivity index (χ2n) is 4.25. The van der Waals surface area contributed by atoms with Gasteiger partial charge in [0, 0.05) is 19.6 Å². The molecule has 0 bridgehead atoms. The fourth-order valence-corrected chi connectivity index (χ4v) is 1.53. The van der Waals surface area contributed by atoms with Gasteiger partial charge in [-0.25, -0.2) is 0 Å². The Balaban J connectivity index is 1.94. The van der Waals surface area contributed by atoms with Crippen molar-refractivity contribution in [2.24, 2.45) is 0 Å². The SMILES string of the molecule is CCCOCCC(=O)NCCOCc1ccccc1. The number of ether oxygens (including phenoxy) is 2. The van der Waals surface area contributed by atoms with Crippen LogP contribution in [0.1, 0.15) is 25.3 Å². The van der Waals surface area contributed by atoms with Crippen LogP contribution in [0.25, 0.3) is 0 Å². The molecule has 0 spiro atoms. The molecule has 4 nitrogen and oxygen atoms in total. The summed E-state index contributed by atoms with van der Waals surface area (Å²) in [5.41, 5.74) is 1.14. The van der Waals surface area contributed by atoms with Crippen LogP contribution in [0.3, 0.4) is 0 Å². The highest BCUT2D eigenvalue weighted by Crippen LogP contribution is 1.99. The number of rotatable bonds is 10. The number of hydrogen-bond donors (Lipinski definition) is 1. The van der Waals surface area contributed by atoms with Crippen LogP contribution in [0.5, 0.6) is 0 Å². The van der Waals surface area contributed by atoms with Crippen molar-refractivity contribution in [3.05, 3.63) is 35.9 Å². The maximum Gasteiger partial charge on any atom is 0.222 e. The van der Waals surface area contributed by atoms with Crippen molar-refractivity contribution in [3.8, 4) is 0 Å². The summed E-state index contributed by atoms with van der Waals surface area (Å²) in [7, 11) is 0. The van der Waals surface area contributed by atoms with E-state index in [2.05, 4.69) is 5.32 Å². The lowest BCUT2D eigenvalue weighted by molar-refractivity contribution is -0.122. The molecule has 0 saturated carbocycles. The summed E-state index contributed by atoms with van der Waals surface area (Å²) in [5.74, 6) is 0.0133. The molecule has 1 aromatic carbocycles. The Morgan fingerprint density at radius 2 is 1.89 bits per heavy atom. The first-order chi connectivity index (χ1) is 9.33. The van der Waals surface area contributed by atoms with Gasteiger partial charge in [-0.2, -0.15) is 0 Å². The number of carbonyl (C=O) groups excluding carboxylic acids is 1. The van der Waals surface area contributed by atoms with Crippen molar-refractivity contribution in [1.29, 1.82) is 0 Å². The van der Waals surface area contributed by atoms with Crippen LogP contribution in [-0.2, 0) is 20.9 Å². The summed E-state index contributed by atoms with van der Waals surface area (Å²) in [6, 6.07) is 9.98. The van der Waals surface area contributed by atoms with Crippen molar-refractivity contribution in [3.63, 3.8) is 0 Å². The topological polar surface area (TPSA) is 47.6 Å². The average Bonchev–Trinajstić information content (AvgIpc) is 2.44. The van der Waals surface area contributed by atoms with E-state index in [0.29, 0.717) is 39.4 Å². The number of benzene rings is 1. The highest BCUT2D eigenvalue weighted by atomic mass is 16.5. The Morgan fingerprint density at radius 3 is 2.63 bits per heavy atom. The molecular weight excluding hydrogens is 242 g/mol. The van der Waals surface area contributed by atoms with Crippen LogP contribution in [0, 0.1) is 0 Å². The van der Waals surface area contributed by atoms with Gasteiger partial charge < -0.3 is 14.8 Å². The minimum absolute atomic E-state index is 0.0133. The second kappa shape index (κ2) is 10.5. The summed E-state index contributed by atoms with van der Waals surface area (Å²) in [6.07, 6.45) is 1.40. The Labute approximate surface area is 115 Å². The fourth-order valence-electron chi connectivity index (χ4n) is 1.53. The summed E-state index contributed by atoms with van der Waals surface area (Å²) in [4.78, 5) is 11.4. The molecule has 19 heavy (non-hydrogen) atoms. The number of hydrogen-bond acceptors (Lipinski definition) is 3. The quantitative estimate of drug-likeness (QED) is 0.659. The normalized spacial score (nSPS) is 10.4. The average molecular weight is 265 g/mol. The van der Waals surface area contributed by atoms with Crippen LogP contribution in [-0.4, -0.2) is 32.3 Å². The first-order valence-corrected chi connectivity index (χ1v) is 6.79. The van der Waals surface area contributed by atoms with Crippen LogP contribution < -0.4 is 5.32 Å². The van der Waals surface area contributed by atoms with Gasteiger partial charge in [-0.3, -0.25) is 4.79 Å². The molecule has 0 fully saturated rings. The zero-order valence-electron chi connectivity index (χ0n) is 11.6. The van der Waals surface area contributed by atoms with Crippen LogP contribution in [0.4, 0.5) is 0 Å². The van der Waals surface area contributed by atoms with Gasteiger partial charge in [0.25, 0.3) is 0 Å². The van der Waals surface area contributed by atoms with Gasteiger partial charge in [0.15, 0.2) is 0 Å². The lowest BCUT2D eigenvalue weighted by Gasteiger charge is -2.07. The molecule has 1 N–H and O–H groups in total. The van der Waals surface area contributed by atoms with Gasteiger partial charge in [0.2, 0.25) is 5.91 Å². The Kier molecular flexibility index (Phi) is 8.68. The Bertz CT molecular complexity index is 341. The standard InChI is InChI=1S/C15H23NO3/c1-2-10-18-11-8-15(17)16-9-12-19-13-14-6-4-3-5-7-14/h3-7H,2,8-13H2,1H3,(H,16,17). The predicted octanol–water partition coefficient (Wildman–Crippen LogP) is 2.14. The molecule has 0 aliphatic carbocycles. The largest absolute Gasteiger partial charge is 0.381 e. The van der Waals surface area contributed by atoms with Crippen molar-refractivity contribution in [2.45, 2.75) is 26.4 Å². The van der Waals surface area contributed by atoms with Gasteiger partial charge in [0.05, 0.1) is 19.8 Å². The monoisotopic (exact) mass is 265 g/mol. The maximum absolute atomic E-state index is 11.4. The van der Waals surface area contributed by atoms with E-state index in [9.17, 15) is 4.79 Å². The van der Waals surface area contributed by atoms with Gasteiger partial charge in [-0.1, -0.05) is 37.3 Å². The van der Waals surface area contributed by atoms with E-state index in [0.717, 1.165) is 12.0 Å². The molecule has 0 radical (unpaired) electrons. The van der Waals surface area contributed by atoms with E-state index in [4.69, 9.17) is 9.47 Å². The summed E-state index contributed by atoms with van der Waals surface area (Å²) in [5, 5.41) is 2.80. The first-order valence-electron chi connectivity index (χ1n) is 6.79. The molecule has 0 aliphatic heterocycles. The zero-order chi connectivity index (χ0) is 13.8. The van der Waals surface area contributed by atoms with Gasteiger partial charge in [-0.15, -0.1) is 0 Å². The van der Waals surface area contributed by atoms with Crippen molar-refractivity contribution in [1.82, 2.24) is 5.32 Å². The van der Waals surface area contributed by atoms with Crippen molar-refractivity contribution < 1.29 is 14.3 Å². The summed E-state index contributed by atoms with van der Waals surface area (Å²) < 4.78 is 10.7. The molecule has 0 unspecified atom stereocenters. The minimum atomic E-state index is 0.0133. The molecule has 0 saturated heterocycles. The molecule has 0 heterocycles. The maximum atomic E-state index is 11.4. The van der Waals surface area contributed by atoms with E-state index in [1.807, 2.05) is 37.3 Å². The molecule has 1 rings (SSSR count). The van der Waals surface area contributed by atoms with Crippen LogP contribution in [0.2, 0.25) is 0 Å². The van der Waals surface area contributed by atoms with Crippen LogP contribution in [0.15, 0.2) is 30.3 Å². The Hall–Kier alpha value is -1.39. The summed E-state index contributed by atoms with van der Waals surface area (Å²) >= 11 is 0. The lowest BCUT2D eigenvalue weighted by Crippen LogP contribution is -2.28. The highest BCUT2D eigenvalue weighted by Gasteiger charge is 2.00. The fraction of sp³-hybridized carbons (Fsp3) is 0.533. The second-order valence-corrected chi connectivity index (χ2v) is 4.25. The zero-order valence-corrected chi connectivity index (χ0v) is 11.6. The number of amides is 1. The number of nitrogens with one attached hydrogen (secondary N) is 1. The summed E-state index contributed by atoms with van der Waals surface area (Å²) in [6.45, 7) is 4.90.